The Labute approximate surface area is 145 Å². The lowest BCUT2D eigenvalue weighted by atomic mass is 9.67. The number of rotatable bonds is 5. The van der Waals surface area contributed by atoms with E-state index < -0.39 is 0 Å². The van der Waals surface area contributed by atoms with Crippen molar-refractivity contribution in [3.05, 3.63) is 35.4 Å². The summed E-state index contributed by atoms with van der Waals surface area (Å²) in [4.78, 5) is 12.6. The van der Waals surface area contributed by atoms with Gasteiger partial charge in [-0.1, -0.05) is 18.6 Å². The number of hydrogen-bond donors (Lipinski definition) is 2. The van der Waals surface area contributed by atoms with Crippen LogP contribution in [0.4, 0.5) is 0 Å². The average molecular weight is 330 g/mol. The van der Waals surface area contributed by atoms with Crippen LogP contribution in [0.1, 0.15) is 61.9 Å². The van der Waals surface area contributed by atoms with E-state index in [9.17, 15) is 4.79 Å². The molecule has 2 atom stereocenters. The summed E-state index contributed by atoms with van der Waals surface area (Å²) in [6.45, 7) is 4.63. The van der Waals surface area contributed by atoms with Gasteiger partial charge in [-0.15, -0.1) is 0 Å². The highest BCUT2D eigenvalue weighted by Gasteiger charge is 2.39. The largest absolute Gasteiger partial charge is 0.374 e. The second-order valence-electron chi connectivity index (χ2n) is 7.74. The van der Waals surface area contributed by atoms with Gasteiger partial charge in [-0.3, -0.25) is 4.79 Å². The van der Waals surface area contributed by atoms with Gasteiger partial charge in [-0.05, 0) is 69.1 Å². The van der Waals surface area contributed by atoms with Crippen molar-refractivity contribution in [3.8, 4) is 0 Å². The monoisotopic (exact) mass is 330 g/mol. The molecule has 24 heavy (non-hydrogen) atoms. The van der Waals surface area contributed by atoms with Crippen molar-refractivity contribution < 1.29 is 9.53 Å². The summed E-state index contributed by atoms with van der Waals surface area (Å²) in [6.07, 6.45) is 5.98. The van der Waals surface area contributed by atoms with Gasteiger partial charge >= 0.3 is 0 Å². The number of benzene rings is 1. The Morgan fingerprint density at radius 2 is 1.83 bits per heavy atom. The van der Waals surface area contributed by atoms with Gasteiger partial charge in [0, 0.05) is 17.6 Å². The number of hydrogen-bond acceptors (Lipinski definition) is 3. The predicted molar refractivity (Wildman–Crippen MR) is 95.7 cm³/mol. The van der Waals surface area contributed by atoms with Crippen molar-refractivity contribution in [1.29, 1.82) is 0 Å². The second kappa shape index (κ2) is 7.66. The van der Waals surface area contributed by atoms with Crippen LogP contribution in [-0.2, 0) is 11.3 Å². The van der Waals surface area contributed by atoms with Crippen LogP contribution in [0.2, 0.25) is 0 Å². The molecular weight excluding hydrogens is 300 g/mol. The first kappa shape index (κ1) is 17.4. The maximum atomic E-state index is 12.6. The zero-order chi connectivity index (χ0) is 17.1. The van der Waals surface area contributed by atoms with Gasteiger partial charge in [0.25, 0.3) is 5.91 Å². The minimum Gasteiger partial charge on any atom is -0.374 e. The molecule has 4 nitrogen and oxygen atoms in total. The smallest absolute Gasteiger partial charge is 0.251 e. The molecular formula is C20H30N2O2. The molecule has 4 heteroatoms. The lowest BCUT2D eigenvalue weighted by Gasteiger charge is -2.45. The molecule has 1 aromatic carbocycles. The van der Waals surface area contributed by atoms with Crippen LogP contribution in [-0.4, -0.2) is 24.1 Å². The van der Waals surface area contributed by atoms with E-state index in [1.165, 1.54) is 19.3 Å². The third-order valence-electron chi connectivity index (χ3n) is 5.47. The van der Waals surface area contributed by atoms with Crippen LogP contribution >= 0.6 is 0 Å². The quantitative estimate of drug-likeness (QED) is 0.871. The van der Waals surface area contributed by atoms with E-state index >= 15 is 0 Å². The first-order valence-electron chi connectivity index (χ1n) is 9.30. The van der Waals surface area contributed by atoms with E-state index in [2.05, 4.69) is 5.32 Å². The number of carbonyl (C=O) groups is 1. The third kappa shape index (κ3) is 4.17. The Morgan fingerprint density at radius 1 is 1.21 bits per heavy atom. The zero-order valence-corrected chi connectivity index (χ0v) is 14.8. The fraction of sp³-hybridized carbons (Fsp3) is 0.650. The van der Waals surface area contributed by atoms with E-state index in [-0.39, 0.29) is 12.0 Å². The Kier molecular flexibility index (Phi) is 5.57. The van der Waals surface area contributed by atoms with E-state index in [1.54, 1.807) is 0 Å². The van der Waals surface area contributed by atoms with Crippen LogP contribution in [0, 0.1) is 11.8 Å². The molecule has 2 bridgehead atoms. The van der Waals surface area contributed by atoms with E-state index in [0.29, 0.717) is 30.5 Å². The first-order chi connectivity index (χ1) is 11.5. The van der Waals surface area contributed by atoms with E-state index in [4.69, 9.17) is 10.5 Å². The fourth-order valence-corrected chi connectivity index (χ4v) is 4.27. The highest BCUT2D eigenvalue weighted by molar-refractivity contribution is 5.94. The van der Waals surface area contributed by atoms with Crippen molar-refractivity contribution in [1.82, 2.24) is 5.32 Å². The van der Waals surface area contributed by atoms with Crippen LogP contribution < -0.4 is 11.1 Å². The minimum atomic E-state index is 0.0451. The molecule has 3 rings (SSSR count). The fourth-order valence-electron chi connectivity index (χ4n) is 4.27. The molecule has 2 saturated carbocycles. The average Bonchev–Trinajstić information content (AvgIpc) is 2.54. The van der Waals surface area contributed by atoms with Gasteiger partial charge in [0.15, 0.2) is 0 Å². The summed E-state index contributed by atoms with van der Waals surface area (Å²) in [5.41, 5.74) is 8.00. The highest BCUT2D eigenvalue weighted by Crippen LogP contribution is 2.39. The number of amides is 1. The highest BCUT2D eigenvalue weighted by atomic mass is 16.5. The van der Waals surface area contributed by atoms with Crippen molar-refractivity contribution in [3.63, 3.8) is 0 Å². The number of carbonyl (C=O) groups excluding carboxylic acids is 1. The zero-order valence-electron chi connectivity index (χ0n) is 14.8. The van der Waals surface area contributed by atoms with Gasteiger partial charge in [-0.2, -0.15) is 0 Å². The molecule has 0 saturated heterocycles. The predicted octanol–water partition coefficient (Wildman–Crippen LogP) is 3.25. The minimum absolute atomic E-state index is 0.0451. The maximum absolute atomic E-state index is 12.6. The number of ether oxygens (including phenoxy) is 1. The normalized spacial score (nSPS) is 29.5. The van der Waals surface area contributed by atoms with Gasteiger partial charge in [0.1, 0.15) is 0 Å². The Morgan fingerprint density at radius 3 is 2.42 bits per heavy atom. The molecule has 0 aromatic heterocycles. The standard InChI is InChI=1S/C20H30N2O2/c1-13(2)24-12-14-6-8-15(9-7-14)20(23)22-19-16-4-3-5-17(19)11-18(21)10-16/h6-9,13,16-19H,3-5,10-12,21H2,1-2H3,(H,22,23). The molecule has 2 aliphatic carbocycles. The number of nitrogens with two attached hydrogens (primary N) is 1. The molecule has 2 aliphatic rings. The Hall–Kier alpha value is -1.39. The summed E-state index contributed by atoms with van der Waals surface area (Å²) in [5.74, 6) is 1.15. The molecule has 0 spiro atoms. The molecule has 0 radical (unpaired) electrons. The Balaban J connectivity index is 1.60. The summed E-state index contributed by atoms with van der Waals surface area (Å²) >= 11 is 0. The molecule has 2 fully saturated rings. The summed E-state index contributed by atoms with van der Waals surface area (Å²) in [5, 5.41) is 3.30. The number of nitrogens with one attached hydrogen (secondary N) is 1. The third-order valence-corrected chi connectivity index (χ3v) is 5.47. The van der Waals surface area contributed by atoms with Gasteiger partial charge in [0.2, 0.25) is 0 Å². The molecule has 1 aromatic rings. The van der Waals surface area contributed by atoms with Crippen LogP contribution in [0.25, 0.3) is 0 Å². The molecule has 1 amide bonds. The molecule has 2 unspecified atom stereocenters. The van der Waals surface area contributed by atoms with E-state index in [0.717, 1.165) is 24.0 Å². The molecule has 0 aliphatic heterocycles. The second-order valence-corrected chi connectivity index (χ2v) is 7.74. The molecule has 0 heterocycles. The lowest BCUT2D eigenvalue weighted by Crippen LogP contribution is -2.53. The number of fused-ring (bicyclic) bond motifs is 2. The molecule has 132 valence electrons. The summed E-state index contributed by atoms with van der Waals surface area (Å²) < 4.78 is 5.60. The maximum Gasteiger partial charge on any atom is 0.251 e. The van der Waals surface area contributed by atoms with Crippen LogP contribution in [0.15, 0.2) is 24.3 Å². The summed E-state index contributed by atoms with van der Waals surface area (Å²) in [6, 6.07) is 8.38. The van der Waals surface area contributed by atoms with Gasteiger partial charge < -0.3 is 15.8 Å². The lowest BCUT2D eigenvalue weighted by molar-refractivity contribution is 0.0656. The van der Waals surface area contributed by atoms with Crippen molar-refractivity contribution in [2.75, 3.05) is 0 Å². The van der Waals surface area contributed by atoms with Crippen molar-refractivity contribution in [2.24, 2.45) is 17.6 Å². The van der Waals surface area contributed by atoms with Crippen molar-refractivity contribution >= 4 is 5.91 Å². The van der Waals surface area contributed by atoms with Crippen molar-refractivity contribution in [2.45, 2.75) is 70.7 Å². The topological polar surface area (TPSA) is 64.3 Å². The summed E-state index contributed by atoms with van der Waals surface area (Å²) in [7, 11) is 0. The van der Waals surface area contributed by atoms with Crippen LogP contribution in [0.5, 0.6) is 0 Å². The SMILES string of the molecule is CC(C)OCc1ccc(C(=O)NC2C3CCCC2CC(N)C3)cc1. The first-order valence-corrected chi connectivity index (χ1v) is 9.30. The van der Waals surface area contributed by atoms with Gasteiger partial charge in [-0.25, -0.2) is 0 Å². The molecule has 3 N–H and O–H groups in total. The van der Waals surface area contributed by atoms with E-state index in [1.807, 2.05) is 38.1 Å². The van der Waals surface area contributed by atoms with Crippen LogP contribution in [0.3, 0.4) is 0 Å². The van der Waals surface area contributed by atoms with Gasteiger partial charge in [0.05, 0.1) is 12.7 Å². The Bertz CT molecular complexity index is 541.